The van der Waals surface area contributed by atoms with Crippen molar-refractivity contribution in [2.24, 2.45) is 0 Å². The summed E-state index contributed by atoms with van der Waals surface area (Å²) in [6.07, 6.45) is 0.961. The largest absolute Gasteiger partial charge is 0.481 e. The Balaban J connectivity index is 2.42. The molecule has 118 valence electrons. The molecule has 2 rings (SSSR count). The number of aryl methyl sites for hydroxylation is 2. The molecule has 2 heterocycles. The molecule has 0 saturated heterocycles. The molecule has 0 aliphatic heterocycles. The molecular weight excluding hydrogens is 288 g/mol. The predicted octanol–water partition coefficient (Wildman–Crippen LogP) is 0.831. The van der Waals surface area contributed by atoms with Gasteiger partial charge in [0.15, 0.2) is 0 Å². The van der Waals surface area contributed by atoms with Gasteiger partial charge in [-0.15, -0.1) is 0 Å². The second kappa shape index (κ2) is 6.90. The van der Waals surface area contributed by atoms with Gasteiger partial charge in [-0.2, -0.15) is 0 Å². The summed E-state index contributed by atoms with van der Waals surface area (Å²) in [6.45, 7) is 1.86. The number of amides is 1. The summed E-state index contributed by atoms with van der Waals surface area (Å²) in [6, 6.07) is 5.64. The lowest BCUT2D eigenvalue weighted by Crippen LogP contribution is -2.27. The van der Waals surface area contributed by atoms with Gasteiger partial charge in [0.2, 0.25) is 0 Å². The maximum absolute atomic E-state index is 11.2. The monoisotopic (exact) mass is 306 g/mol. The number of anilines is 1. The van der Waals surface area contributed by atoms with E-state index in [1.165, 1.54) is 0 Å². The molecule has 0 unspecified atom stereocenters. The lowest BCUT2D eigenvalue weighted by Gasteiger charge is -2.10. The normalized spacial score (nSPS) is 10.6. The molecule has 0 saturated carbocycles. The number of hydrogen-bond acceptors (Lipinski definition) is 5. The Kier molecular flexibility index (Phi) is 4.95. The highest BCUT2D eigenvalue weighted by Gasteiger charge is 2.16. The van der Waals surface area contributed by atoms with E-state index in [-0.39, 0.29) is 19.4 Å². The van der Waals surface area contributed by atoms with E-state index in [1.807, 2.05) is 29.5 Å². The van der Waals surface area contributed by atoms with Gasteiger partial charge in [0.25, 0.3) is 5.91 Å². The van der Waals surface area contributed by atoms with Crippen molar-refractivity contribution >= 4 is 23.3 Å². The summed E-state index contributed by atoms with van der Waals surface area (Å²) in [5, 5.41) is 20.3. The Morgan fingerprint density at radius 1 is 1.36 bits per heavy atom. The molecule has 8 nitrogen and oxygen atoms in total. The first kappa shape index (κ1) is 15.8. The van der Waals surface area contributed by atoms with Gasteiger partial charge in [-0.05, 0) is 18.6 Å². The Bertz CT molecular complexity index is 695. The number of hydroxylamine groups is 1. The second-order valence-corrected chi connectivity index (χ2v) is 4.75. The van der Waals surface area contributed by atoms with Crippen LogP contribution in [0.5, 0.6) is 0 Å². The van der Waals surface area contributed by atoms with Gasteiger partial charge in [0, 0.05) is 12.1 Å². The number of carboxylic acids is 1. The van der Waals surface area contributed by atoms with E-state index in [0.29, 0.717) is 17.2 Å². The van der Waals surface area contributed by atoms with Crippen molar-refractivity contribution in [3.63, 3.8) is 0 Å². The van der Waals surface area contributed by atoms with Crippen LogP contribution < -0.4 is 10.8 Å². The maximum Gasteiger partial charge on any atom is 0.303 e. The number of pyridine rings is 1. The highest BCUT2D eigenvalue weighted by atomic mass is 16.5. The second-order valence-electron chi connectivity index (χ2n) is 4.75. The van der Waals surface area contributed by atoms with E-state index < -0.39 is 11.9 Å². The number of hydrogen-bond donors (Lipinski definition) is 4. The van der Waals surface area contributed by atoms with Crippen LogP contribution >= 0.6 is 0 Å². The fourth-order valence-electron chi connectivity index (χ4n) is 2.27. The number of imidazole rings is 1. The van der Waals surface area contributed by atoms with E-state index in [2.05, 4.69) is 10.3 Å². The van der Waals surface area contributed by atoms with Gasteiger partial charge in [-0.3, -0.25) is 19.2 Å². The smallest absolute Gasteiger partial charge is 0.303 e. The van der Waals surface area contributed by atoms with E-state index in [0.717, 1.165) is 12.1 Å². The molecule has 8 heteroatoms. The molecule has 0 aliphatic carbocycles. The van der Waals surface area contributed by atoms with Gasteiger partial charge in [0.05, 0.1) is 18.7 Å². The lowest BCUT2D eigenvalue weighted by atomic mass is 10.2. The first-order valence-electron chi connectivity index (χ1n) is 6.94. The van der Waals surface area contributed by atoms with Crippen LogP contribution in [0.1, 0.15) is 24.7 Å². The van der Waals surface area contributed by atoms with Crippen molar-refractivity contribution in [2.75, 3.05) is 11.9 Å². The van der Waals surface area contributed by atoms with Crippen LogP contribution in [0.15, 0.2) is 18.2 Å². The van der Waals surface area contributed by atoms with Crippen LogP contribution in [0.3, 0.4) is 0 Å². The van der Waals surface area contributed by atoms with Gasteiger partial charge >= 0.3 is 5.97 Å². The fourth-order valence-corrected chi connectivity index (χ4v) is 2.27. The molecule has 2 aromatic rings. The SMILES string of the molecule is CCc1cccc2nc(CCC(=O)O)c(NCC(=O)NO)n12. The summed E-state index contributed by atoms with van der Waals surface area (Å²) in [5.74, 6) is -0.919. The Morgan fingerprint density at radius 2 is 2.14 bits per heavy atom. The maximum atomic E-state index is 11.2. The zero-order valence-corrected chi connectivity index (χ0v) is 12.2. The highest BCUT2D eigenvalue weighted by Crippen LogP contribution is 2.22. The van der Waals surface area contributed by atoms with Crippen molar-refractivity contribution in [2.45, 2.75) is 26.2 Å². The number of carbonyl (C=O) groups is 2. The zero-order chi connectivity index (χ0) is 16.1. The molecule has 4 N–H and O–H groups in total. The molecule has 0 bridgehead atoms. The Hall–Kier alpha value is -2.61. The molecule has 0 spiro atoms. The van der Waals surface area contributed by atoms with Gasteiger partial charge < -0.3 is 10.4 Å². The van der Waals surface area contributed by atoms with Crippen molar-refractivity contribution in [3.8, 4) is 0 Å². The van der Waals surface area contributed by atoms with Gasteiger partial charge in [0.1, 0.15) is 11.5 Å². The quantitative estimate of drug-likeness (QED) is 0.445. The van der Waals surface area contributed by atoms with E-state index >= 15 is 0 Å². The van der Waals surface area contributed by atoms with Crippen LogP contribution in [0, 0.1) is 0 Å². The average Bonchev–Trinajstić information content (AvgIpc) is 2.88. The molecule has 0 radical (unpaired) electrons. The van der Waals surface area contributed by atoms with E-state index in [9.17, 15) is 9.59 Å². The number of aliphatic carboxylic acids is 1. The number of carbonyl (C=O) groups excluding carboxylic acids is 1. The summed E-state index contributed by atoms with van der Waals surface area (Å²) < 4.78 is 1.86. The number of fused-ring (bicyclic) bond motifs is 1. The molecule has 0 atom stereocenters. The fraction of sp³-hybridized carbons (Fsp3) is 0.357. The first-order valence-corrected chi connectivity index (χ1v) is 6.94. The van der Waals surface area contributed by atoms with Crippen LogP contribution in [-0.4, -0.2) is 38.1 Å². The van der Waals surface area contributed by atoms with Gasteiger partial charge in [-0.25, -0.2) is 10.5 Å². The Morgan fingerprint density at radius 3 is 2.77 bits per heavy atom. The first-order chi connectivity index (χ1) is 10.6. The van der Waals surface area contributed by atoms with E-state index in [4.69, 9.17) is 10.3 Å². The van der Waals surface area contributed by atoms with Crippen LogP contribution in [0.25, 0.3) is 5.65 Å². The van der Waals surface area contributed by atoms with Crippen molar-refractivity contribution in [1.82, 2.24) is 14.9 Å². The molecule has 22 heavy (non-hydrogen) atoms. The topological polar surface area (TPSA) is 116 Å². The molecule has 0 aliphatic rings. The molecule has 0 fully saturated rings. The van der Waals surface area contributed by atoms with Crippen LogP contribution in [0.4, 0.5) is 5.82 Å². The third kappa shape index (κ3) is 3.34. The number of rotatable bonds is 7. The minimum absolute atomic E-state index is 0.0494. The summed E-state index contributed by atoms with van der Waals surface area (Å²) in [4.78, 5) is 26.4. The van der Waals surface area contributed by atoms with Crippen molar-refractivity contribution in [3.05, 3.63) is 29.6 Å². The molecule has 0 aromatic carbocycles. The Labute approximate surface area is 126 Å². The summed E-state index contributed by atoms with van der Waals surface area (Å²) >= 11 is 0. The summed E-state index contributed by atoms with van der Waals surface area (Å²) in [5.41, 5.74) is 3.80. The van der Waals surface area contributed by atoms with Crippen molar-refractivity contribution in [1.29, 1.82) is 0 Å². The minimum Gasteiger partial charge on any atom is -0.481 e. The molecular formula is C14H18N4O4. The zero-order valence-electron chi connectivity index (χ0n) is 12.2. The number of aromatic nitrogens is 2. The van der Waals surface area contributed by atoms with Crippen LogP contribution in [-0.2, 0) is 22.4 Å². The minimum atomic E-state index is -0.910. The number of carboxylic acid groups (broad SMARTS) is 1. The van der Waals surface area contributed by atoms with E-state index in [1.54, 1.807) is 5.48 Å². The lowest BCUT2D eigenvalue weighted by molar-refractivity contribution is -0.137. The predicted molar refractivity (Wildman–Crippen MR) is 78.9 cm³/mol. The number of nitrogens with zero attached hydrogens (tertiary/aromatic N) is 2. The average molecular weight is 306 g/mol. The third-order valence-corrected chi connectivity index (χ3v) is 3.28. The van der Waals surface area contributed by atoms with Gasteiger partial charge in [-0.1, -0.05) is 13.0 Å². The number of nitrogens with one attached hydrogen (secondary N) is 2. The highest BCUT2D eigenvalue weighted by molar-refractivity contribution is 5.79. The standard InChI is InChI=1S/C14H18N4O4/c1-2-9-4-3-5-11-16-10(6-7-13(20)21)14(18(9)11)15-8-12(19)17-22/h3-5,15,22H,2,6-8H2,1H3,(H,17,19)(H,20,21). The molecule has 1 amide bonds. The van der Waals surface area contributed by atoms with Crippen molar-refractivity contribution < 1.29 is 19.9 Å². The molecule has 2 aromatic heterocycles. The third-order valence-electron chi connectivity index (χ3n) is 3.28. The summed E-state index contributed by atoms with van der Waals surface area (Å²) in [7, 11) is 0. The van der Waals surface area contributed by atoms with Crippen LogP contribution in [0.2, 0.25) is 0 Å².